The molecule has 0 saturated heterocycles. The normalized spacial score (nSPS) is 12.4. The molecule has 0 fully saturated rings. The third-order valence-electron chi connectivity index (χ3n) is 3.20. The summed E-state index contributed by atoms with van der Waals surface area (Å²) in [5.41, 5.74) is 1.14. The summed E-state index contributed by atoms with van der Waals surface area (Å²) in [6.45, 7) is 5.96. The zero-order valence-electron chi connectivity index (χ0n) is 14.3. The summed E-state index contributed by atoms with van der Waals surface area (Å²) in [5.74, 6) is 0.845. The highest BCUT2D eigenvalue weighted by Gasteiger charge is 2.06. The highest BCUT2D eigenvalue weighted by Crippen LogP contribution is 2.21. The minimum absolute atomic E-state index is 0. The zero-order chi connectivity index (χ0) is 16.5. The van der Waals surface area contributed by atoms with Gasteiger partial charge in [0, 0.05) is 42.1 Å². The first-order valence-corrected chi connectivity index (χ1v) is 9.50. The lowest BCUT2D eigenvalue weighted by atomic mass is 10.3. The number of halogens is 1. The number of nitrogens with one attached hydrogen (secondary N) is 2. The minimum atomic E-state index is 0. The monoisotopic (exact) mass is 476 g/mol. The Morgan fingerprint density at radius 2 is 2.04 bits per heavy atom. The Morgan fingerprint density at radius 1 is 1.29 bits per heavy atom. The van der Waals surface area contributed by atoms with E-state index >= 15 is 0 Å². The number of aliphatic imine (C=N–C) groups is 1. The molecule has 2 N–H and O–H groups in total. The van der Waals surface area contributed by atoms with Crippen LogP contribution in [-0.4, -0.2) is 36.3 Å². The number of thioether (sulfide) groups is 1. The molecular weight excluding hydrogens is 451 g/mol. The van der Waals surface area contributed by atoms with Crippen LogP contribution >= 0.6 is 47.1 Å². The first kappa shape index (κ1) is 21.2. The number of rotatable bonds is 7. The van der Waals surface area contributed by atoms with Crippen molar-refractivity contribution in [1.29, 1.82) is 0 Å². The summed E-state index contributed by atoms with van der Waals surface area (Å²) in [6, 6.07) is 10.5. The molecule has 1 heterocycles. The number of aryl methyl sites for hydroxylation is 1. The van der Waals surface area contributed by atoms with Gasteiger partial charge in [0.1, 0.15) is 0 Å². The molecular formula is C17H25IN4S2. The molecule has 1 atom stereocenters. The van der Waals surface area contributed by atoms with Gasteiger partial charge in [0.2, 0.25) is 0 Å². The predicted molar refractivity (Wildman–Crippen MR) is 117 cm³/mol. The van der Waals surface area contributed by atoms with Crippen LogP contribution in [0.25, 0.3) is 0 Å². The van der Waals surface area contributed by atoms with Gasteiger partial charge in [-0.15, -0.1) is 47.1 Å². The number of thiazole rings is 1. The fourth-order valence-electron chi connectivity index (χ4n) is 2.07. The molecule has 0 aliphatic rings. The number of nitrogens with zero attached hydrogens (tertiary/aromatic N) is 2. The van der Waals surface area contributed by atoms with Crippen LogP contribution in [0, 0.1) is 6.92 Å². The Bertz CT molecular complexity index is 616. The number of aromatic nitrogens is 1. The van der Waals surface area contributed by atoms with Gasteiger partial charge in [-0.25, -0.2) is 4.98 Å². The van der Waals surface area contributed by atoms with E-state index in [0.29, 0.717) is 5.25 Å². The average molecular weight is 476 g/mol. The van der Waals surface area contributed by atoms with Crippen molar-refractivity contribution in [2.45, 2.75) is 30.4 Å². The molecule has 1 aromatic heterocycles. The molecule has 1 unspecified atom stereocenters. The molecule has 0 aliphatic heterocycles. The Kier molecular flexibility index (Phi) is 10.4. The van der Waals surface area contributed by atoms with Crippen molar-refractivity contribution in [3.05, 3.63) is 46.4 Å². The summed E-state index contributed by atoms with van der Waals surface area (Å²) >= 11 is 3.56. The smallest absolute Gasteiger partial charge is 0.191 e. The Labute approximate surface area is 170 Å². The molecule has 0 amide bonds. The van der Waals surface area contributed by atoms with Crippen LogP contribution in [0.2, 0.25) is 0 Å². The van der Waals surface area contributed by atoms with Crippen molar-refractivity contribution < 1.29 is 0 Å². The summed E-state index contributed by atoms with van der Waals surface area (Å²) in [4.78, 5) is 10.0. The Morgan fingerprint density at radius 3 is 2.67 bits per heavy atom. The van der Waals surface area contributed by atoms with E-state index in [1.165, 1.54) is 4.90 Å². The zero-order valence-corrected chi connectivity index (χ0v) is 18.2. The lowest BCUT2D eigenvalue weighted by Gasteiger charge is -2.15. The van der Waals surface area contributed by atoms with Crippen LogP contribution in [0.4, 0.5) is 0 Å². The summed E-state index contributed by atoms with van der Waals surface area (Å²) in [6.07, 6.45) is 0.916. The summed E-state index contributed by atoms with van der Waals surface area (Å²) in [7, 11) is 1.80. The van der Waals surface area contributed by atoms with Crippen LogP contribution in [-0.2, 0) is 6.42 Å². The molecule has 0 bridgehead atoms. The number of hydrogen-bond donors (Lipinski definition) is 2. The molecule has 2 aromatic rings. The van der Waals surface area contributed by atoms with E-state index in [1.54, 1.807) is 18.4 Å². The van der Waals surface area contributed by atoms with E-state index in [4.69, 9.17) is 0 Å². The first-order chi connectivity index (χ1) is 11.2. The van der Waals surface area contributed by atoms with Gasteiger partial charge >= 0.3 is 0 Å². The molecule has 0 saturated carbocycles. The van der Waals surface area contributed by atoms with Crippen molar-refractivity contribution in [3.8, 4) is 0 Å². The molecule has 0 aliphatic carbocycles. The van der Waals surface area contributed by atoms with Crippen molar-refractivity contribution in [2.24, 2.45) is 4.99 Å². The molecule has 1 aromatic carbocycles. The third-order valence-corrected chi connectivity index (χ3v) is 5.14. The van der Waals surface area contributed by atoms with Gasteiger partial charge in [0.25, 0.3) is 0 Å². The van der Waals surface area contributed by atoms with Crippen molar-refractivity contribution >= 4 is 53.0 Å². The van der Waals surface area contributed by atoms with Gasteiger partial charge in [-0.2, -0.15) is 0 Å². The molecule has 24 heavy (non-hydrogen) atoms. The van der Waals surface area contributed by atoms with Gasteiger partial charge in [0.05, 0.1) is 10.7 Å². The second-order valence-corrected chi connectivity index (χ2v) is 7.80. The molecule has 4 nitrogen and oxygen atoms in total. The molecule has 2 rings (SSSR count). The maximum atomic E-state index is 4.47. The third kappa shape index (κ3) is 7.85. The minimum Gasteiger partial charge on any atom is -0.356 e. The Hall–Kier alpha value is -0.800. The van der Waals surface area contributed by atoms with Crippen LogP contribution in [0.3, 0.4) is 0 Å². The van der Waals surface area contributed by atoms with E-state index in [1.807, 2.05) is 24.8 Å². The number of hydrogen-bond acceptors (Lipinski definition) is 4. The topological polar surface area (TPSA) is 49.3 Å². The largest absolute Gasteiger partial charge is 0.356 e. The molecule has 0 spiro atoms. The lowest BCUT2D eigenvalue weighted by molar-refractivity contribution is 0.774. The van der Waals surface area contributed by atoms with Crippen LogP contribution in [0.15, 0.2) is 45.6 Å². The van der Waals surface area contributed by atoms with Gasteiger partial charge < -0.3 is 10.6 Å². The summed E-state index contributed by atoms with van der Waals surface area (Å²) in [5, 5.41) is 10.4. The first-order valence-electron chi connectivity index (χ1n) is 7.74. The fourth-order valence-corrected chi connectivity index (χ4v) is 3.66. The predicted octanol–water partition coefficient (Wildman–Crippen LogP) is 3.96. The molecule has 7 heteroatoms. The highest BCUT2D eigenvalue weighted by atomic mass is 127. The molecule has 132 valence electrons. The Balaban J connectivity index is 0.00000288. The van der Waals surface area contributed by atoms with Gasteiger partial charge in [-0.3, -0.25) is 4.99 Å². The maximum Gasteiger partial charge on any atom is 0.191 e. The second kappa shape index (κ2) is 11.7. The standard InChI is InChI=1S/C17H24N4S2.HI/c1-13(23-16-7-5-4-6-8-16)11-20-17(18-3)19-10-9-15-12-22-14(2)21-15;/h4-8,12-13H,9-11H2,1-3H3,(H2,18,19,20);1H. The van der Waals surface area contributed by atoms with Crippen LogP contribution in [0.5, 0.6) is 0 Å². The van der Waals surface area contributed by atoms with Crippen molar-refractivity contribution in [1.82, 2.24) is 15.6 Å². The van der Waals surface area contributed by atoms with Gasteiger partial charge in [-0.05, 0) is 19.1 Å². The highest BCUT2D eigenvalue weighted by molar-refractivity contribution is 14.0. The van der Waals surface area contributed by atoms with Crippen molar-refractivity contribution in [2.75, 3.05) is 20.1 Å². The van der Waals surface area contributed by atoms with E-state index < -0.39 is 0 Å². The number of benzene rings is 1. The quantitative estimate of drug-likeness (QED) is 0.275. The van der Waals surface area contributed by atoms with Crippen LogP contribution in [0.1, 0.15) is 17.6 Å². The van der Waals surface area contributed by atoms with Crippen LogP contribution < -0.4 is 10.6 Å². The number of guanidine groups is 1. The average Bonchev–Trinajstić information content (AvgIpc) is 2.97. The van der Waals surface area contributed by atoms with Crippen molar-refractivity contribution in [3.63, 3.8) is 0 Å². The lowest BCUT2D eigenvalue weighted by Crippen LogP contribution is -2.40. The maximum absolute atomic E-state index is 4.47. The van der Waals surface area contributed by atoms with E-state index in [0.717, 1.165) is 36.2 Å². The van der Waals surface area contributed by atoms with E-state index in [2.05, 4.69) is 57.2 Å². The van der Waals surface area contributed by atoms with Gasteiger partial charge in [-0.1, -0.05) is 25.1 Å². The van der Waals surface area contributed by atoms with Gasteiger partial charge in [0.15, 0.2) is 5.96 Å². The fraction of sp³-hybridized carbons (Fsp3) is 0.412. The second-order valence-electron chi connectivity index (χ2n) is 5.23. The summed E-state index contributed by atoms with van der Waals surface area (Å²) < 4.78 is 0. The van der Waals surface area contributed by atoms with E-state index in [-0.39, 0.29) is 24.0 Å². The van der Waals surface area contributed by atoms with E-state index in [9.17, 15) is 0 Å². The SMILES string of the molecule is CN=C(NCCc1csc(C)n1)NCC(C)Sc1ccccc1.I. The molecule has 0 radical (unpaired) electrons.